The van der Waals surface area contributed by atoms with E-state index in [9.17, 15) is 4.79 Å². The van der Waals surface area contributed by atoms with Gasteiger partial charge in [0.25, 0.3) is 0 Å². The first kappa shape index (κ1) is 14.1. The summed E-state index contributed by atoms with van der Waals surface area (Å²) in [5.41, 5.74) is 1.63. The largest absolute Gasteiger partial charge is 0.463 e. The molecule has 2 aliphatic rings. The molecular formula is C14H20N2O2S. The molecule has 0 amide bonds. The van der Waals surface area contributed by atoms with E-state index >= 15 is 0 Å². The highest BCUT2D eigenvalue weighted by Crippen LogP contribution is 2.29. The smallest absolute Gasteiger partial charge is 0.337 e. The summed E-state index contributed by atoms with van der Waals surface area (Å²) in [5, 5.41) is 6.84. The number of thiocarbonyl (C=S) groups is 1. The molecule has 0 fully saturated rings. The zero-order valence-corrected chi connectivity index (χ0v) is 12.2. The van der Waals surface area contributed by atoms with E-state index in [1.807, 2.05) is 13.8 Å². The highest BCUT2D eigenvalue weighted by molar-refractivity contribution is 7.80. The molecule has 2 unspecified atom stereocenters. The van der Waals surface area contributed by atoms with Crippen molar-refractivity contribution in [3.8, 4) is 0 Å². The number of rotatable bonds is 3. The fourth-order valence-electron chi connectivity index (χ4n) is 2.60. The molecule has 1 heterocycles. The Morgan fingerprint density at radius 1 is 1.53 bits per heavy atom. The van der Waals surface area contributed by atoms with Crippen molar-refractivity contribution in [2.45, 2.75) is 39.2 Å². The standard InChI is InChI=1S/C14H20N2O2S/c1-3-18-13(17)11-9(2)15-14(19)16-12(11)10-7-5-4-6-8-10/h4-5,9-10H,3,6-8H2,1-2H3,(H2,15,16,19). The Balaban J connectivity index is 2.33. The minimum Gasteiger partial charge on any atom is -0.463 e. The minimum absolute atomic E-state index is 0.103. The summed E-state index contributed by atoms with van der Waals surface area (Å²) in [6, 6.07) is -0.103. The average molecular weight is 280 g/mol. The van der Waals surface area contributed by atoms with E-state index in [4.69, 9.17) is 17.0 Å². The second kappa shape index (κ2) is 6.19. The van der Waals surface area contributed by atoms with Gasteiger partial charge in [0.2, 0.25) is 0 Å². The Kier molecular flexibility index (Phi) is 4.58. The first-order chi connectivity index (χ1) is 9.13. The Hall–Kier alpha value is -1.36. The van der Waals surface area contributed by atoms with Crippen molar-refractivity contribution in [3.05, 3.63) is 23.4 Å². The van der Waals surface area contributed by atoms with Crippen LogP contribution in [-0.4, -0.2) is 23.7 Å². The third-order valence-electron chi connectivity index (χ3n) is 3.49. The number of nitrogens with one attached hydrogen (secondary N) is 2. The Morgan fingerprint density at radius 3 is 2.95 bits per heavy atom. The molecule has 1 aliphatic carbocycles. The summed E-state index contributed by atoms with van der Waals surface area (Å²) in [6.07, 6.45) is 7.38. The van der Waals surface area contributed by atoms with Crippen LogP contribution in [0.15, 0.2) is 23.4 Å². The molecule has 0 spiro atoms. The number of esters is 1. The minimum atomic E-state index is -0.248. The predicted molar refractivity (Wildman–Crippen MR) is 78.5 cm³/mol. The van der Waals surface area contributed by atoms with Gasteiger partial charge in [-0.3, -0.25) is 0 Å². The van der Waals surface area contributed by atoms with Gasteiger partial charge in [-0.05, 0) is 45.3 Å². The topological polar surface area (TPSA) is 50.4 Å². The molecule has 0 bridgehead atoms. The average Bonchev–Trinajstić information content (AvgIpc) is 2.39. The SMILES string of the molecule is CCOC(=O)C1=C(C2CC=CCC2)NC(=S)NC1C. The zero-order valence-electron chi connectivity index (χ0n) is 11.4. The first-order valence-corrected chi connectivity index (χ1v) is 7.18. The second-order valence-corrected chi connectivity index (χ2v) is 5.26. The molecule has 0 aromatic rings. The summed E-state index contributed by atoms with van der Waals surface area (Å²) in [5.74, 6) is 0.0777. The Labute approximate surface area is 119 Å². The van der Waals surface area contributed by atoms with Crippen LogP contribution >= 0.6 is 12.2 Å². The van der Waals surface area contributed by atoms with E-state index in [0.717, 1.165) is 25.0 Å². The lowest BCUT2D eigenvalue weighted by Crippen LogP contribution is -2.50. The van der Waals surface area contributed by atoms with E-state index in [1.165, 1.54) is 0 Å². The fraction of sp³-hybridized carbons (Fsp3) is 0.571. The number of allylic oxidation sites excluding steroid dienone is 3. The van der Waals surface area contributed by atoms with Crippen molar-refractivity contribution < 1.29 is 9.53 Å². The maximum Gasteiger partial charge on any atom is 0.337 e. The summed E-state index contributed by atoms with van der Waals surface area (Å²) >= 11 is 5.21. The van der Waals surface area contributed by atoms with Crippen LogP contribution in [0.3, 0.4) is 0 Å². The van der Waals surface area contributed by atoms with Gasteiger partial charge in [-0.1, -0.05) is 12.2 Å². The molecule has 0 saturated carbocycles. The van der Waals surface area contributed by atoms with E-state index < -0.39 is 0 Å². The summed E-state index contributed by atoms with van der Waals surface area (Å²) in [7, 11) is 0. The maximum absolute atomic E-state index is 12.1. The van der Waals surface area contributed by atoms with Crippen molar-refractivity contribution in [1.29, 1.82) is 0 Å². The van der Waals surface area contributed by atoms with Gasteiger partial charge in [0.15, 0.2) is 5.11 Å². The molecule has 0 aromatic carbocycles. The number of ether oxygens (including phenoxy) is 1. The third kappa shape index (κ3) is 3.15. The lowest BCUT2D eigenvalue weighted by atomic mass is 9.86. The molecule has 19 heavy (non-hydrogen) atoms. The quantitative estimate of drug-likeness (QED) is 0.470. The summed E-state index contributed by atoms with van der Waals surface area (Å²) < 4.78 is 5.17. The van der Waals surface area contributed by atoms with Gasteiger partial charge in [0.1, 0.15) is 0 Å². The third-order valence-corrected chi connectivity index (χ3v) is 3.71. The summed E-state index contributed by atoms with van der Waals surface area (Å²) in [4.78, 5) is 12.1. The number of hydrogen-bond acceptors (Lipinski definition) is 3. The molecule has 4 nitrogen and oxygen atoms in total. The van der Waals surface area contributed by atoms with Gasteiger partial charge >= 0.3 is 5.97 Å². The molecule has 2 rings (SSSR count). The molecule has 0 radical (unpaired) electrons. The summed E-state index contributed by atoms with van der Waals surface area (Å²) in [6.45, 7) is 4.15. The van der Waals surface area contributed by atoms with Gasteiger partial charge in [-0.15, -0.1) is 0 Å². The van der Waals surface area contributed by atoms with Crippen molar-refractivity contribution in [1.82, 2.24) is 10.6 Å². The van der Waals surface area contributed by atoms with Gasteiger partial charge in [-0.25, -0.2) is 4.79 Å². The normalized spacial score (nSPS) is 26.7. The lowest BCUT2D eigenvalue weighted by Gasteiger charge is -2.33. The van der Waals surface area contributed by atoms with Crippen LogP contribution in [0.2, 0.25) is 0 Å². The van der Waals surface area contributed by atoms with Crippen LogP contribution in [0.25, 0.3) is 0 Å². The molecule has 0 aromatic heterocycles. The van der Waals surface area contributed by atoms with Crippen molar-refractivity contribution >= 4 is 23.3 Å². The van der Waals surface area contributed by atoms with Crippen LogP contribution in [-0.2, 0) is 9.53 Å². The molecule has 1 aliphatic heterocycles. The predicted octanol–water partition coefficient (Wildman–Crippen LogP) is 2.03. The zero-order chi connectivity index (χ0) is 13.8. The van der Waals surface area contributed by atoms with Crippen molar-refractivity contribution in [3.63, 3.8) is 0 Å². The van der Waals surface area contributed by atoms with Crippen LogP contribution in [0.4, 0.5) is 0 Å². The van der Waals surface area contributed by atoms with Gasteiger partial charge in [0, 0.05) is 11.6 Å². The van der Waals surface area contributed by atoms with Crippen LogP contribution < -0.4 is 10.6 Å². The van der Waals surface area contributed by atoms with Crippen molar-refractivity contribution in [2.75, 3.05) is 6.61 Å². The Bertz CT molecular complexity index is 443. The van der Waals surface area contributed by atoms with Crippen LogP contribution in [0, 0.1) is 5.92 Å². The van der Waals surface area contributed by atoms with E-state index in [0.29, 0.717) is 23.2 Å². The second-order valence-electron chi connectivity index (χ2n) is 4.85. The van der Waals surface area contributed by atoms with Gasteiger partial charge in [-0.2, -0.15) is 0 Å². The Morgan fingerprint density at radius 2 is 2.32 bits per heavy atom. The van der Waals surface area contributed by atoms with E-state index in [2.05, 4.69) is 22.8 Å². The number of hydrogen-bond donors (Lipinski definition) is 2. The molecule has 2 atom stereocenters. The molecular weight excluding hydrogens is 260 g/mol. The van der Waals surface area contributed by atoms with E-state index in [-0.39, 0.29) is 12.0 Å². The van der Waals surface area contributed by atoms with E-state index in [1.54, 1.807) is 0 Å². The molecule has 2 N–H and O–H groups in total. The highest BCUT2D eigenvalue weighted by Gasteiger charge is 2.31. The van der Waals surface area contributed by atoms with Crippen LogP contribution in [0.5, 0.6) is 0 Å². The maximum atomic E-state index is 12.1. The monoisotopic (exact) mass is 280 g/mol. The lowest BCUT2D eigenvalue weighted by molar-refractivity contribution is -0.139. The van der Waals surface area contributed by atoms with Gasteiger partial charge < -0.3 is 15.4 Å². The highest BCUT2D eigenvalue weighted by atomic mass is 32.1. The molecule has 104 valence electrons. The van der Waals surface area contributed by atoms with Crippen molar-refractivity contribution in [2.24, 2.45) is 5.92 Å². The number of carbonyl (C=O) groups excluding carboxylic acids is 1. The molecule has 5 heteroatoms. The number of carbonyl (C=O) groups is 1. The van der Waals surface area contributed by atoms with Crippen LogP contribution in [0.1, 0.15) is 33.1 Å². The molecule has 0 saturated heterocycles. The fourth-order valence-corrected chi connectivity index (χ4v) is 2.89. The van der Waals surface area contributed by atoms with Gasteiger partial charge in [0.05, 0.1) is 18.2 Å². The first-order valence-electron chi connectivity index (χ1n) is 6.77.